The second kappa shape index (κ2) is 7.13. The molecule has 3 rings (SSSR count). The van der Waals surface area contributed by atoms with Crippen LogP contribution in [0, 0.1) is 12.7 Å². The summed E-state index contributed by atoms with van der Waals surface area (Å²) in [7, 11) is 0. The van der Waals surface area contributed by atoms with Gasteiger partial charge < -0.3 is 9.73 Å². The molecule has 0 fully saturated rings. The van der Waals surface area contributed by atoms with Crippen LogP contribution in [0.1, 0.15) is 29.2 Å². The molecule has 3 aromatic rings. The van der Waals surface area contributed by atoms with Gasteiger partial charge in [0, 0.05) is 12.1 Å². The second-order valence-electron chi connectivity index (χ2n) is 5.74. The van der Waals surface area contributed by atoms with E-state index >= 15 is 0 Å². The van der Waals surface area contributed by atoms with Gasteiger partial charge in [0.2, 0.25) is 5.91 Å². The van der Waals surface area contributed by atoms with Crippen molar-refractivity contribution in [2.24, 2.45) is 0 Å². The van der Waals surface area contributed by atoms with Crippen LogP contribution in [0.15, 0.2) is 71.3 Å². The number of benzene rings is 2. The molecule has 0 spiro atoms. The predicted octanol–water partition coefficient (Wildman–Crippen LogP) is 4.89. The topological polar surface area (TPSA) is 42.2 Å². The molecule has 1 heterocycles. The standard InChI is InChI=1S/C20H18FNO2/c1-14-4-2-5-17(12-14)22-20(23)13-18(19-6-3-11-24-19)15-7-9-16(21)10-8-15/h2-12,18H,13H2,1H3,(H,22,23)/t18-/m1/s1. The summed E-state index contributed by atoms with van der Waals surface area (Å²) in [6.45, 7) is 1.97. The van der Waals surface area contributed by atoms with E-state index in [1.807, 2.05) is 37.3 Å². The highest BCUT2D eigenvalue weighted by Gasteiger charge is 2.21. The van der Waals surface area contributed by atoms with Gasteiger partial charge in [-0.2, -0.15) is 0 Å². The van der Waals surface area contributed by atoms with Crippen molar-refractivity contribution < 1.29 is 13.6 Å². The molecular weight excluding hydrogens is 305 g/mol. The van der Waals surface area contributed by atoms with Gasteiger partial charge in [-0.15, -0.1) is 0 Å². The van der Waals surface area contributed by atoms with E-state index in [4.69, 9.17) is 4.42 Å². The van der Waals surface area contributed by atoms with Crippen molar-refractivity contribution >= 4 is 11.6 Å². The van der Waals surface area contributed by atoms with Gasteiger partial charge in [0.25, 0.3) is 0 Å². The van der Waals surface area contributed by atoms with Crippen LogP contribution in [-0.4, -0.2) is 5.91 Å². The number of anilines is 1. The zero-order valence-corrected chi connectivity index (χ0v) is 13.3. The lowest BCUT2D eigenvalue weighted by atomic mass is 9.93. The van der Waals surface area contributed by atoms with Crippen LogP contribution < -0.4 is 5.32 Å². The fourth-order valence-electron chi connectivity index (χ4n) is 2.69. The molecule has 1 atom stereocenters. The normalized spacial score (nSPS) is 11.9. The molecule has 0 aliphatic heterocycles. The number of nitrogens with one attached hydrogen (secondary N) is 1. The number of furan rings is 1. The van der Waals surface area contributed by atoms with Gasteiger partial charge in [-0.1, -0.05) is 24.3 Å². The highest BCUT2D eigenvalue weighted by molar-refractivity contribution is 5.91. The summed E-state index contributed by atoms with van der Waals surface area (Å²) in [4.78, 5) is 12.4. The van der Waals surface area contributed by atoms with E-state index in [0.717, 1.165) is 16.8 Å². The Morgan fingerprint density at radius 2 is 1.92 bits per heavy atom. The van der Waals surface area contributed by atoms with Crippen LogP contribution >= 0.6 is 0 Å². The number of rotatable bonds is 5. The van der Waals surface area contributed by atoms with Crippen LogP contribution in [-0.2, 0) is 4.79 Å². The predicted molar refractivity (Wildman–Crippen MR) is 91.4 cm³/mol. The fraction of sp³-hybridized carbons (Fsp3) is 0.150. The molecule has 0 saturated carbocycles. The minimum Gasteiger partial charge on any atom is -0.469 e. The number of carbonyl (C=O) groups excluding carboxylic acids is 1. The lowest BCUT2D eigenvalue weighted by Gasteiger charge is -2.15. The van der Waals surface area contributed by atoms with Crippen molar-refractivity contribution in [3.8, 4) is 0 Å². The molecule has 4 heteroatoms. The van der Waals surface area contributed by atoms with Crippen molar-refractivity contribution in [3.63, 3.8) is 0 Å². The Morgan fingerprint density at radius 3 is 2.58 bits per heavy atom. The third kappa shape index (κ3) is 3.90. The summed E-state index contributed by atoms with van der Waals surface area (Å²) in [6, 6.07) is 17.4. The SMILES string of the molecule is Cc1cccc(NC(=O)C[C@H](c2ccc(F)cc2)c2ccco2)c1. The Hall–Kier alpha value is -2.88. The van der Waals surface area contributed by atoms with E-state index in [-0.39, 0.29) is 24.1 Å². The average molecular weight is 323 g/mol. The lowest BCUT2D eigenvalue weighted by Crippen LogP contribution is -2.16. The van der Waals surface area contributed by atoms with E-state index in [9.17, 15) is 9.18 Å². The van der Waals surface area contributed by atoms with Crippen LogP contribution in [0.2, 0.25) is 0 Å². The summed E-state index contributed by atoms with van der Waals surface area (Å²) in [5.41, 5.74) is 2.68. The van der Waals surface area contributed by atoms with Crippen LogP contribution in [0.4, 0.5) is 10.1 Å². The zero-order chi connectivity index (χ0) is 16.9. The van der Waals surface area contributed by atoms with Gasteiger partial charge in [0.1, 0.15) is 11.6 Å². The van der Waals surface area contributed by atoms with Crippen molar-refractivity contribution in [2.75, 3.05) is 5.32 Å². The van der Waals surface area contributed by atoms with Gasteiger partial charge in [0.15, 0.2) is 0 Å². The smallest absolute Gasteiger partial charge is 0.225 e. The Balaban J connectivity index is 1.79. The first-order valence-electron chi connectivity index (χ1n) is 7.77. The van der Waals surface area contributed by atoms with Gasteiger partial charge in [0.05, 0.1) is 12.2 Å². The summed E-state index contributed by atoms with van der Waals surface area (Å²) >= 11 is 0. The molecule has 2 aromatic carbocycles. The highest BCUT2D eigenvalue weighted by Crippen LogP contribution is 2.29. The molecular formula is C20H18FNO2. The van der Waals surface area contributed by atoms with Crippen LogP contribution in [0.25, 0.3) is 0 Å². The second-order valence-corrected chi connectivity index (χ2v) is 5.74. The fourth-order valence-corrected chi connectivity index (χ4v) is 2.69. The number of hydrogen-bond donors (Lipinski definition) is 1. The minimum absolute atomic E-state index is 0.119. The summed E-state index contributed by atoms with van der Waals surface area (Å²) < 4.78 is 18.7. The first-order valence-corrected chi connectivity index (χ1v) is 7.77. The molecule has 0 aliphatic rings. The molecule has 0 unspecified atom stereocenters. The molecule has 122 valence electrons. The number of carbonyl (C=O) groups is 1. The molecule has 0 aliphatic carbocycles. The molecule has 1 amide bonds. The zero-order valence-electron chi connectivity index (χ0n) is 13.3. The van der Waals surface area contributed by atoms with E-state index in [1.165, 1.54) is 12.1 Å². The molecule has 0 bridgehead atoms. The van der Waals surface area contributed by atoms with Crippen molar-refractivity contribution in [1.29, 1.82) is 0 Å². The number of amides is 1. The van der Waals surface area contributed by atoms with Crippen LogP contribution in [0.3, 0.4) is 0 Å². The molecule has 0 saturated heterocycles. The molecule has 3 nitrogen and oxygen atoms in total. The minimum atomic E-state index is -0.304. The summed E-state index contributed by atoms with van der Waals surface area (Å²) in [6.07, 6.45) is 1.79. The van der Waals surface area contributed by atoms with Gasteiger partial charge in [-0.3, -0.25) is 4.79 Å². The van der Waals surface area contributed by atoms with Gasteiger partial charge in [-0.05, 0) is 54.4 Å². The maximum atomic E-state index is 13.2. The molecule has 0 radical (unpaired) electrons. The summed E-state index contributed by atoms with van der Waals surface area (Å²) in [5.74, 6) is -0.00103. The molecule has 1 aromatic heterocycles. The van der Waals surface area contributed by atoms with E-state index < -0.39 is 0 Å². The van der Waals surface area contributed by atoms with Gasteiger partial charge >= 0.3 is 0 Å². The van der Waals surface area contributed by atoms with E-state index in [2.05, 4.69) is 5.32 Å². The quantitative estimate of drug-likeness (QED) is 0.726. The Labute approximate surface area is 140 Å². The first kappa shape index (κ1) is 16.0. The third-order valence-electron chi connectivity index (χ3n) is 3.85. The van der Waals surface area contributed by atoms with E-state index in [0.29, 0.717) is 5.76 Å². The lowest BCUT2D eigenvalue weighted by molar-refractivity contribution is -0.116. The molecule has 24 heavy (non-hydrogen) atoms. The number of hydrogen-bond acceptors (Lipinski definition) is 2. The third-order valence-corrected chi connectivity index (χ3v) is 3.85. The number of aryl methyl sites for hydroxylation is 1. The van der Waals surface area contributed by atoms with Crippen molar-refractivity contribution in [2.45, 2.75) is 19.3 Å². The maximum Gasteiger partial charge on any atom is 0.225 e. The Bertz CT molecular complexity index is 810. The largest absolute Gasteiger partial charge is 0.469 e. The Kier molecular flexibility index (Phi) is 4.75. The Morgan fingerprint density at radius 1 is 1.12 bits per heavy atom. The monoisotopic (exact) mass is 323 g/mol. The maximum absolute atomic E-state index is 13.2. The molecule has 1 N–H and O–H groups in total. The van der Waals surface area contributed by atoms with Crippen molar-refractivity contribution in [1.82, 2.24) is 0 Å². The van der Waals surface area contributed by atoms with Crippen LogP contribution in [0.5, 0.6) is 0 Å². The van der Waals surface area contributed by atoms with E-state index in [1.54, 1.807) is 24.5 Å². The average Bonchev–Trinajstić information content (AvgIpc) is 3.08. The summed E-state index contributed by atoms with van der Waals surface area (Å²) in [5, 5.41) is 2.90. The van der Waals surface area contributed by atoms with Gasteiger partial charge in [-0.25, -0.2) is 4.39 Å². The van der Waals surface area contributed by atoms with Crippen molar-refractivity contribution in [3.05, 3.63) is 89.6 Å². The highest BCUT2D eigenvalue weighted by atomic mass is 19.1. The number of halogens is 1. The first-order chi connectivity index (χ1) is 11.6.